The third kappa shape index (κ3) is 2.49. The SMILES string of the molecule is Cc1c(C#N)c2nc3ccccc3n2c(=O)/c1=C\NNC1NNNN1. The van der Waals surface area contributed by atoms with E-state index in [2.05, 4.69) is 43.8 Å². The van der Waals surface area contributed by atoms with Gasteiger partial charge in [-0.1, -0.05) is 12.1 Å². The van der Waals surface area contributed by atoms with Crippen molar-refractivity contribution >= 4 is 22.9 Å². The van der Waals surface area contributed by atoms with Gasteiger partial charge in [-0.25, -0.2) is 21.3 Å². The number of pyridine rings is 1. The summed E-state index contributed by atoms with van der Waals surface area (Å²) in [4.78, 5) is 17.4. The molecule has 0 radical (unpaired) electrons. The molecule has 3 aromatic rings. The van der Waals surface area contributed by atoms with Crippen LogP contribution in [0.3, 0.4) is 0 Å². The van der Waals surface area contributed by atoms with Crippen LogP contribution >= 0.6 is 0 Å². The predicted molar refractivity (Wildman–Crippen MR) is 90.7 cm³/mol. The molecule has 1 fully saturated rings. The minimum Gasteiger partial charge on any atom is -0.325 e. The number of fused-ring (bicyclic) bond motifs is 3. The van der Waals surface area contributed by atoms with Crippen LogP contribution in [0.25, 0.3) is 22.9 Å². The quantitative estimate of drug-likeness (QED) is 0.300. The van der Waals surface area contributed by atoms with E-state index in [1.165, 1.54) is 10.6 Å². The molecule has 2 aromatic heterocycles. The molecule has 3 heterocycles. The van der Waals surface area contributed by atoms with Gasteiger partial charge >= 0.3 is 0 Å². The van der Waals surface area contributed by atoms with Gasteiger partial charge < -0.3 is 5.43 Å². The minimum absolute atomic E-state index is 0.238. The molecular formula is C15H15N9O. The molecule has 0 amide bonds. The first-order chi connectivity index (χ1) is 12.2. The molecule has 10 nitrogen and oxygen atoms in total. The molecule has 0 saturated carbocycles. The number of nitrogens with zero attached hydrogens (tertiary/aromatic N) is 3. The largest absolute Gasteiger partial charge is 0.325 e. The number of imidazole rings is 1. The highest BCUT2D eigenvalue weighted by atomic mass is 16.1. The van der Waals surface area contributed by atoms with Crippen molar-refractivity contribution in [2.45, 2.75) is 13.2 Å². The van der Waals surface area contributed by atoms with Crippen LogP contribution in [0.1, 0.15) is 11.1 Å². The van der Waals surface area contributed by atoms with Crippen LogP contribution in [0.15, 0.2) is 29.1 Å². The monoisotopic (exact) mass is 337 g/mol. The Morgan fingerprint density at radius 2 is 2.08 bits per heavy atom. The Balaban J connectivity index is 1.90. The maximum Gasteiger partial charge on any atom is 0.265 e. The fourth-order valence-corrected chi connectivity index (χ4v) is 2.81. The maximum atomic E-state index is 13.0. The number of aromatic nitrogens is 2. The fourth-order valence-electron chi connectivity index (χ4n) is 2.81. The number of nitrogens with one attached hydrogen (secondary N) is 6. The molecule has 10 heteroatoms. The van der Waals surface area contributed by atoms with E-state index in [4.69, 9.17) is 0 Å². The third-order valence-electron chi connectivity index (χ3n) is 4.05. The minimum atomic E-state index is -0.292. The molecule has 1 aromatic carbocycles. The number of hydrogen-bond acceptors (Lipinski definition) is 9. The Hall–Kier alpha value is -3.07. The molecule has 0 atom stereocenters. The predicted octanol–water partition coefficient (Wildman–Crippen LogP) is -2.02. The lowest BCUT2D eigenvalue weighted by atomic mass is 10.1. The summed E-state index contributed by atoms with van der Waals surface area (Å²) in [5, 5.41) is 9.95. The summed E-state index contributed by atoms with van der Waals surface area (Å²) in [6, 6.07) is 9.48. The van der Waals surface area contributed by atoms with Gasteiger partial charge in [0.2, 0.25) is 0 Å². The molecule has 0 bridgehead atoms. The Morgan fingerprint density at radius 1 is 1.32 bits per heavy atom. The van der Waals surface area contributed by atoms with Gasteiger partial charge in [0.1, 0.15) is 6.07 Å². The van der Waals surface area contributed by atoms with Crippen molar-refractivity contribution < 1.29 is 0 Å². The lowest BCUT2D eigenvalue weighted by Crippen LogP contribution is -2.52. The van der Waals surface area contributed by atoms with Crippen LogP contribution < -0.4 is 43.6 Å². The van der Waals surface area contributed by atoms with Crippen molar-refractivity contribution in [1.82, 2.24) is 42.2 Å². The van der Waals surface area contributed by atoms with Gasteiger partial charge in [0.25, 0.3) is 5.56 Å². The van der Waals surface area contributed by atoms with Crippen molar-refractivity contribution in [3.63, 3.8) is 0 Å². The van der Waals surface area contributed by atoms with Gasteiger partial charge in [-0.2, -0.15) is 16.3 Å². The van der Waals surface area contributed by atoms with Gasteiger partial charge in [0, 0.05) is 6.20 Å². The summed E-state index contributed by atoms with van der Waals surface area (Å²) < 4.78 is 1.48. The first-order valence-corrected chi connectivity index (χ1v) is 7.57. The first kappa shape index (κ1) is 15.5. The smallest absolute Gasteiger partial charge is 0.265 e. The molecule has 1 aliphatic heterocycles. The lowest BCUT2D eigenvalue weighted by molar-refractivity contribution is 0.404. The summed E-state index contributed by atoms with van der Waals surface area (Å²) >= 11 is 0. The zero-order valence-corrected chi connectivity index (χ0v) is 13.2. The van der Waals surface area contributed by atoms with Crippen LogP contribution in [0.5, 0.6) is 0 Å². The van der Waals surface area contributed by atoms with E-state index >= 15 is 0 Å². The van der Waals surface area contributed by atoms with Crippen LogP contribution in [-0.4, -0.2) is 15.7 Å². The number of para-hydroxylation sites is 2. The van der Waals surface area contributed by atoms with E-state index in [0.29, 0.717) is 33.0 Å². The zero-order chi connectivity index (χ0) is 17.4. The average Bonchev–Trinajstić information content (AvgIpc) is 3.25. The maximum absolute atomic E-state index is 13.0. The topological polar surface area (TPSA) is 130 Å². The van der Waals surface area contributed by atoms with E-state index in [1.807, 2.05) is 24.3 Å². The first-order valence-electron chi connectivity index (χ1n) is 7.57. The van der Waals surface area contributed by atoms with Crippen molar-refractivity contribution in [3.05, 3.63) is 51.0 Å². The van der Waals surface area contributed by atoms with E-state index < -0.39 is 0 Å². The normalized spacial score (nSPS) is 15.9. The van der Waals surface area contributed by atoms with Gasteiger partial charge in [0.15, 0.2) is 11.9 Å². The fraction of sp³-hybridized carbons (Fsp3) is 0.133. The summed E-state index contributed by atoms with van der Waals surface area (Å²) in [5.74, 6) is 0. The summed E-state index contributed by atoms with van der Waals surface area (Å²) in [7, 11) is 0. The van der Waals surface area contributed by atoms with Crippen LogP contribution in [-0.2, 0) is 0 Å². The summed E-state index contributed by atoms with van der Waals surface area (Å²) in [6.07, 6.45) is 1.24. The van der Waals surface area contributed by atoms with Gasteiger partial charge in [-0.05, 0) is 24.6 Å². The standard InChI is InChI=1S/C15H15N9O/c1-8-9(6-16)13-18-11-4-2-3-5-12(11)24(13)14(25)10(8)7-17-19-15-20-22-23-21-15/h2-5,7,15,17,19-23H,1H3/b10-7-. The number of nitriles is 1. The number of hydrogen-bond donors (Lipinski definition) is 6. The second-order valence-electron chi connectivity index (χ2n) is 5.49. The summed E-state index contributed by atoms with van der Waals surface area (Å²) in [5.41, 5.74) is 19.2. The van der Waals surface area contributed by atoms with Crippen LogP contribution in [0.4, 0.5) is 0 Å². The molecule has 6 N–H and O–H groups in total. The van der Waals surface area contributed by atoms with E-state index in [1.54, 1.807) is 6.92 Å². The van der Waals surface area contributed by atoms with Crippen LogP contribution in [0.2, 0.25) is 0 Å². The molecule has 0 spiro atoms. The number of hydrazine groups is 4. The van der Waals surface area contributed by atoms with Gasteiger partial charge in [0.05, 0.1) is 21.8 Å². The summed E-state index contributed by atoms with van der Waals surface area (Å²) in [6.45, 7) is 1.74. The molecule has 1 aliphatic rings. The molecule has 4 rings (SSSR count). The van der Waals surface area contributed by atoms with Crippen molar-refractivity contribution in [2.24, 2.45) is 0 Å². The van der Waals surface area contributed by atoms with E-state index in [0.717, 1.165) is 0 Å². The number of benzene rings is 1. The lowest BCUT2D eigenvalue weighted by Gasteiger charge is -2.10. The van der Waals surface area contributed by atoms with E-state index in [9.17, 15) is 10.1 Å². The Kier molecular flexibility index (Phi) is 3.77. The zero-order valence-electron chi connectivity index (χ0n) is 13.2. The number of rotatable bonds is 3. The van der Waals surface area contributed by atoms with Gasteiger partial charge in [-0.3, -0.25) is 9.20 Å². The van der Waals surface area contributed by atoms with Crippen LogP contribution in [0, 0.1) is 18.3 Å². The van der Waals surface area contributed by atoms with Gasteiger partial charge in [-0.15, -0.1) is 0 Å². The Morgan fingerprint density at radius 3 is 2.84 bits per heavy atom. The molecule has 1 saturated heterocycles. The van der Waals surface area contributed by atoms with Crippen molar-refractivity contribution in [3.8, 4) is 6.07 Å². The Bertz CT molecular complexity index is 1110. The average molecular weight is 337 g/mol. The highest BCUT2D eigenvalue weighted by Crippen LogP contribution is 2.17. The highest BCUT2D eigenvalue weighted by Gasteiger charge is 2.16. The molecule has 0 aliphatic carbocycles. The van der Waals surface area contributed by atoms with E-state index in [-0.39, 0.29) is 11.8 Å². The molecule has 0 unspecified atom stereocenters. The second kappa shape index (κ2) is 6.10. The molecule has 25 heavy (non-hydrogen) atoms. The second-order valence-corrected chi connectivity index (χ2v) is 5.49. The third-order valence-corrected chi connectivity index (χ3v) is 4.05. The van der Waals surface area contributed by atoms with Crippen molar-refractivity contribution in [2.75, 3.05) is 0 Å². The highest BCUT2D eigenvalue weighted by molar-refractivity contribution is 5.82. The Labute approximate surface area is 141 Å². The molecular weight excluding hydrogens is 322 g/mol. The molecule has 126 valence electrons. The van der Waals surface area contributed by atoms with Crippen molar-refractivity contribution in [1.29, 1.82) is 5.26 Å².